The highest BCUT2D eigenvalue weighted by atomic mass is 35.5. The van der Waals surface area contributed by atoms with Gasteiger partial charge in [-0.15, -0.1) is 12.4 Å². The van der Waals surface area contributed by atoms with Crippen molar-refractivity contribution in [2.75, 3.05) is 5.73 Å². The Hall–Kier alpha value is -1.75. The van der Waals surface area contributed by atoms with Gasteiger partial charge in [0.2, 0.25) is 11.8 Å². The molecule has 5 nitrogen and oxygen atoms in total. The van der Waals surface area contributed by atoms with Gasteiger partial charge in [-0.2, -0.15) is 0 Å². The first-order valence-electron chi connectivity index (χ1n) is 7.37. The maximum atomic E-state index is 11.9. The lowest BCUT2D eigenvalue weighted by Crippen LogP contribution is -2.47. The first-order chi connectivity index (χ1) is 9.93. The normalized spacial score (nSPS) is 12.7. The molecule has 2 unspecified atom stereocenters. The van der Waals surface area contributed by atoms with Gasteiger partial charge in [0.1, 0.15) is 6.04 Å². The summed E-state index contributed by atoms with van der Waals surface area (Å²) in [5.74, 6) is -0.304. The SMILES string of the molecule is CCC(C)NC(=O)C(C)NC(=O)CCc1ccccc1N.Cl. The highest BCUT2D eigenvalue weighted by Gasteiger charge is 2.16. The van der Waals surface area contributed by atoms with E-state index >= 15 is 0 Å². The fraction of sp³-hybridized carbons (Fsp3) is 0.500. The summed E-state index contributed by atoms with van der Waals surface area (Å²) in [6.45, 7) is 5.62. The van der Waals surface area contributed by atoms with Crippen LogP contribution in [-0.2, 0) is 16.0 Å². The van der Waals surface area contributed by atoms with Crippen LogP contribution in [0.4, 0.5) is 5.69 Å². The van der Waals surface area contributed by atoms with E-state index in [1.165, 1.54) is 0 Å². The van der Waals surface area contributed by atoms with Crippen molar-refractivity contribution in [2.24, 2.45) is 0 Å². The van der Waals surface area contributed by atoms with Crippen LogP contribution in [-0.4, -0.2) is 23.9 Å². The lowest BCUT2D eigenvalue weighted by Gasteiger charge is -2.17. The number of hydrogen-bond donors (Lipinski definition) is 3. The van der Waals surface area contributed by atoms with Gasteiger partial charge < -0.3 is 16.4 Å². The summed E-state index contributed by atoms with van der Waals surface area (Å²) < 4.78 is 0. The molecule has 0 bridgehead atoms. The van der Waals surface area contributed by atoms with Gasteiger partial charge >= 0.3 is 0 Å². The average molecular weight is 328 g/mol. The van der Waals surface area contributed by atoms with Crippen LogP contribution in [0.2, 0.25) is 0 Å². The van der Waals surface area contributed by atoms with Gasteiger partial charge in [-0.1, -0.05) is 25.1 Å². The molecule has 1 aromatic carbocycles. The smallest absolute Gasteiger partial charge is 0.242 e. The van der Waals surface area contributed by atoms with Gasteiger partial charge in [0.05, 0.1) is 0 Å². The van der Waals surface area contributed by atoms with Crippen molar-refractivity contribution in [1.29, 1.82) is 0 Å². The summed E-state index contributed by atoms with van der Waals surface area (Å²) in [7, 11) is 0. The number of para-hydroxylation sites is 1. The Morgan fingerprint density at radius 1 is 1.18 bits per heavy atom. The topological polar surface area (TPSA) is 84.2 Å². The Bertz CT molecular complexity index is 494. The molecule has 0 fully saturated rings. The lowest BCUT2D eigenvalue weighted by atomic mass is 10.1. The van der Waals surface area contributed by atoms with Crippen molar-refractivity contribution < 1.29 is 9.59 Å². The van der Waals surface area contributed by atoms with E-state index in [9.17, 15) is 9.59 Å². The molecule has 22 heavy (non-hydrogen) atoms. The summed E-state index contributed by atoms with van der Waals surface area (Å²) >= 11 is 0. The predicted octanol–water partition coefficient (Wildman–Crippen LogP) is 2.04. The number of nitrogen functional groups attached to an aromatic ring is 1. The number of carbonyl (C=O) groups excluding carboxylic acids is 2. The predicted molar refractivity (Wildman–Crippen MR) is 91.9 cm³/mol. The highest BCUT2D eigenvalue weighted by molar-refractivity contribution is 5.87. The van der Waals surface area contributed by atoms with Gasteiger partial charge in [0.15, 0.2) is 0 Å². The molecule has 0 radical (unpaired) electrons. The Balaban J connectivity index is 0.00000441. The molecule has 0 aliphatic carbocycles. The number of anilines is 1. The van der Waals surface area contributed by atoms with E-state index in [1.54, 1.807) is 6.92 Å². The monoisotopic (exact) mass is 327 g/mol. The van der Waals surface area contributed by atoms with E-state index in [0.29, 0.717) is 18.5 Å². The molecule has 0 saturated heterocycles. The Morgan fingerprint density at radius 3 is 2.41 bits per heavy atom. The second-order valence-electron chi connectivity index (χ2n) is 5.31. The Morgan fingerprint density at radius 2 is 1.82 bits per heavy atom. The molecule has 0 heterocycles. The molecule has 0 spiro atoms. The quantitative estimate of drug-likeness (QED) is 0.670. The van der Waals surface area contributed by atoms with Crippen molar-refractivity contribution in [1.82, 2.24) is 10.6 Å². The molecule has 0 aliphatic rings. The summed E-state index contributed by atoms with van der Waals surface area (Å²) in [6, 6.07) is 7.06. The maximum Gasteiger partial charge on any atom is 0.242 e. The van der Waals surface area contributed by atoms with Gasteiger partial charge in [-0.25, -0.2) is 0 Å². The summed E-state index contributed by atoms with van der Waals surface area (Å²) in [5.41, 5.74) is 7.47. The zero-order chi connectivity index (χ0) is 15.8. The molecule has 6 heteroatoms. The molecular weight excluding hydrogens is 302 g/mol. The largest absolute Gasteiger partial charge is 0.399 e. The van der Waals surface area contributed by atoms with Crippen LogP contribution in [0.15, 0.2) is 24.3 Å². The van der Waals surface area contributed by atoms with Gasteiger partial charge in [0.25, 0.3) is 0 Å². The van der Waals surface area contributed by atoms with Crippen LogP contribution in [0.25, 0.3) is 0 Å². The van der Waals surface area contributed by atoms with Crippen molar-refractivity contribution in [3.8, 4) is 0 Å². The number of nitrogens with two attached hydrogens (primary N) is 1. The minimum atomic E-state index is -0.528. The first-order valence-corrected chi connectivity index (χ1v) is 7.37. The van der Waals surface area contributed by atoms with Crippen LogP contribution in [0.3, 0.4) is 0 Å². The highest BCUT2D eigenvalue weighted by Crippen LogP contribution is 2.12. The van der Waals surface area contributed by atoms with E-state index in [-0.39, 0.29) is 30.3 Å². The molecule has 1 aromatic rings. The average Bonchev–Trinajstić information content (AvgIpc) is 2.46. The summed E-state index contributed by atoms with van der Waals surface area (Å²) in [5, 5.41) is 5.55. The number of rotatable bonds is 7. The minimum Gasteiger partial charge on any atom is -0.399 e. The van der Waals surface area contributed by atoms with Gasteiger partial charge in [-0.3, -0.25) is 9.59 Å². The van der Waals surface area contributed by atoms with Gasteiger partial charge in [-0.05, 0) is 38.3 Å². The minimum absolute atomic E-state index is 0. The van der Waals surface area contributed by atoms with Crippen molar-refractivity contribution in [2.45, 2.75) is 52.1 Å². The number of aryl methyl sites for hydroxylation is 1. The molecule has 2 atom stereocenters. The zero-order valence-corrected chi connectivity index (χ0v) is 14.2. The number of nitrogens with one attached hydrogen (secondary N) is 2. The molecule has 0 aliphatic heterocycles. The van der Waals surface area contributed by atoms with Crippen LogP contribution < -0.4 is 16.4 Å². The molecule has 2 amide bonds. The van der Waals surface area contributed by atoms with Crippen molar-refractivity contribution >= 4 is 29.9 Å². The molecule has 4 N–H and O–H groups in total. The fourth-order valence-corrected chi connectivity index (χ4v) is 1.86. The number of carbonyl (C=O) groups is 2. The van der Waals surface area contributed by atoms with E-state index in [0.717, 1.165) is 12.0 Å². The van der Waals surface area contributed by atoms with Crippen LogP contribution in [0.1, 0.15) is 39.2 Å². The number of amides is 2. The Kier molecular flexibility index (Phi) is 9.26. The van der Waals surface area contributed by atoms with Crippen LogP contribution in [0.5, 0.6) is 0 Å². The van der Waals surface area contributed by atoms with E-state index in [4.69, 9.17) is 5.73 Å². The Labute approximate surface area is 138 Å². The second-order valence-corrected chi connectivity index (χ2v) is 5.31. The third kappa shape index (κ3) is 6.80. The maximum absolute atomic E-state index is 11.9. The summed E-state index contributed by atoms with van der Waals surface area (Å²) in [4.78, 5) is 23.7. The van der Waals surface area contributed by atoms with E-state index in [1.807, 2.05) is 38.1 Å². The molecule has 1 rings (SSSR count). The third-order valence-corrected chi connectivity index (χ3v) is 3.45. The van der Waals surface area contributed by atoms with E-state index in [2.05, 4.69) is 10.6 Å². The lowest BCUT2D eigenvalue weighted by molar-refractivity contribution is -0.128. The summed E-state index contributed by atoms with van der Waals surface area (Å²) in [6.07, 6.45) is 1.74. The first kappa shape index (κ1) is 20.2. The molecule has 124 valence electrons. The fourth-order valence-electron chi connectivity index (χ4n) is 1.86. The number of hydrogen-bond acceptors (Lipinski definition) is 3. The van der Waals surface area contributed by atoms with Gasteiger partial charge in [0, 0.05) is 18.2 Å². The number of benzene rings is 1. The number of halogens is 1. The van der Waals surface area contributed by atoms with E-state index < -0.39 is 6.04 Å². The standard InChI is InChI=1S/C16H25N3O2.ClH/c1-4-11(2)18-16(21)12(3)19-15(20)10-9-13-7-5-6-8-14(13)17;/h5-8,11-12H,4,9-10,17H2,1-3H3,(H,18,21)(H,19,20);1H. The molecular formula is C16H26ClN3O2. The third-order valence-electron chi connectivity index (χ3n) is 3.45. The van der Waals surface area contributed by atoms with Crippen molar-refractivity contribution in [3.05, 3.63) is 29.8 Å². The zero-order valence-electron chi connectivity index (χ0n) is 13.4. The second kappa shape index (κ2) is 10.1. The van der Waals surface area contributed by atoms with Crippen LogP contribution in [0, 0.1) is 0 Å². The molecule has 0 saturated carbocycles. The van der Waals surface area contributed by atoms with Crippen LogP contribution >= 0.6 is 12.4 Å². The van der Waals surface area contributed by atoms with Crippen molar-refractivity contribution in [3.63, 3.8) is 0 Å². The molecule has 0 aromatic heterocycles.